The van der Waals surface area contributed by atoms with Gasteiger partial charge in [0.1, 0.15) is 12.3 Å². The van der Waals surface area contributed by atoms with Gasteiger partial charge in [-0.05, 0) is 6.07 Å². The van der Waals surface area contributed by atoms with Crippen LogP contribution >= 0.6 is 0 Å². The molecule has 0 spiro atoms. The summed E-state index contributed by atoms with van der Waals surface area (Å²) in [6.07, 6.45) is 0.360. The molecule has 96 valence electrons. The Labute approximate surface area is 100 Å². The van der Waals surface area contributed by atoms with Gasteiger partial charge in [-0.25, -0.2) is 9.59 Å². The van der Waals surface area contributed by atoms with Gasteiger partial charge in [0.25, 0.3) is 5.91 Å². The molecule has 1 heterocycles. The number of hydrogen-bond donors (Lipinski definition) is 3. The maximum atomic E-state index is 11.6. The van der Waals surface area contributed by atoms with Crippen LogP contribution in [0.1, 0.15) is 16.8 Å². The van der Waals surface area contributed by atoms with Crippen molar-refractivity contribution in [1.29, 1.82) is 0 Å². The average Bonchev–Trinajstić information content (AvgIpc) is 2.28. The predicted octanol–water partition coefficient (Wildman–Crippen LogP) is -1.30. The van der Waals surface area contributed by atoms with Gasteiger partial charge in [-0.1, -0.05) is 0 Å². The smallest absolute Gasteiger partial charge is 0.335 e. The molecule has 1 aromatic heterocycles. The Balaban J connectivity index is 2.78. The second-order valence-corrected chi connectivity index (χ2v) is 3.38. The molecule has 1 rings (SSSR count). The van der Waals surface area contributed by atoms with Crippen LogP contribution in [-0.4, -0.2) is 28.9 Å². The first-order valence-corrected chi connectivity index (χ1v) is 4.81. The molecule has 0 fully saturated rings. The lowest BCUT2D eigenvalue weighted by Crippen LogP contribution is -2.43. The highest BCUT2D eigenvalue weighted by Crippen LogP contribution is 1.99. The molecule has 0 aliphatic carbocycles. The van der Waals surface area contributed by atoms with Crippen molar-refractivity contribution >= 4 is 17.8 Å². The van der Waals surface area contributed by atoms with E-state index in [1.807, 2.05) is 0 Å². The Morgan fingerprint density at radius 1 is 1.39 bits per heavy atom. The number of nitrogens with one attached hydrogen (secondary N) is 1. The fraction of sp³-hybridized carbons (Fsp3) is 0.200. The molecule has 4 N–H and O–H groups in total. The molecule has 8 nitrogen and oxygen atoms in total. The van der Waals surface area contributed by atoms with Gasteiger partial charge in [0.05, 0.1) is 12.0 Å². The third kappa shape index (κ3) is 3.74. The zero-order valence-electron chi connectivity index (χ0n) is 9.08. The Hall–Kier alpha value is -2.64. The van der Waals surface area contributed by atoms with Crippen LogP contribution in [0.3, 0.4) is 0 Å². The zero-order valence-corrected chi connectivity index (χ0v) is 9.08. The van der Waals surface area contributed by atoms with Gasteiger partial charge in [0, 0.05) is 6.07 Å². The first-order chi connectivity index (χ1) is 8.40. The van der Waals surface area contributed by atoms with E-state index in [1.165, 1.54) is 6.07 Å². The third-order valence-electron chi connectivity index (χ3n) is 1.97. The third-order valence-corrected chi connectivity index (χ3v) is 1.97. The lowest BCUT2D eigenvalue weighted by atomic mass is 10.2. The van der Waals surface area contributed by atoms with E-state index in [0.29, 0.717) is 0 Å². The molecule has 18 heavy (non-hydrogen) atoms. The summed E-state index contributed by atoms with van der Waals surface area (Å²) in [5.74, 6) is -3.03. The van der Waals surface area contributed by atoms with Crippen LogP contribution in [0.4, 0.5) is 0 Å². The minimum atomic E-state index is -1.43. The summed E-state index contributed by atoms with van der Waals surface area (Å²) in [7, 11) is 0. The lowest BCUT2D eigenvalue weighted by Gasteiger charge is -2.12. The van der Waals surface area contributed by atoms with Gasteiger partial charge in [-0.3, -0.25) is 9.59 Å². The van der Waals surface area contributed by atoms with Gasteiger partial charge < -0.3 is 20.6 Å². The first-order valence-electron chi connectivity index (χ1n) is 4.81. The van der Waals surface area contributed by atoms with E-state index in [4.69, 9.17) is 10.8 Å². The number of carbonyl (C=O) groups excluding carboxylic acids is 2. The van der Waals surface area contributed by atoms with Crippen molar-refractivity contribution in [3.8, 4) is 0 Å². The molecule has 0 bridgehead atoms. The van der Waals surface area contributed by atoms with E-state index in [2.05, 4.69) is 9.73 Å². The highest BCUT2D eigenvalue weighted by atomic mass is 16.4. The van der Waals surface area contributed by atoms with Crippen LogP contribution in [0.5, 0.6) is 0 Å². The number of amides is 2. The quantitative estimate of drug-likeness (QED) is 0.596. The number of primary amides is 1. The van der Waals surface area contributed by atoms with E-state index in [0.717, 1.165) is 12.3 Å². The fourth-order valence-electron chi connectivity index (χ4n) is 1.13. The molecule has 0 radical (unpaired) electrons. The molecule has 8 heteroatoms. The molecular formula is C10H10N2O6. The van der Waals surface area contributed by atoms with Crippen LogP contribution in [0.15, 0.2) is 27.6 Å². The normalized spacial score (nSPS) is 11.6. The van der Waals surface area contributed by atoms with E-state index in [9.17, 15) is 19.2 Å². The number of hydrogen-bond acceptors (Lipinski definition) is 5. The van der Waals surface area contributed by atoms with Gasteiger partial charge in [0.15, 0.2) is 0 Å². The zero-order chi connectivity index (χ0) is 13.7. The molecule has 0 aliphatic heterocycles. The van der Waals surface area contributed by atoms with Crippen molar-refractivity contribution in [2.75, 3.05) is 0 Å². The Kier molecular flexibility index (Phi) is 4.19. The number of carboxylic acids is 1. The Bertz CT molecular complexity index is 515. The van der Waals surface area contributed by atoms with Gasteiger partial charge >= 0.3 is 11.6 Å². The fourth-order valence-corrected chi connectivity index (χ4v) is 1.13. The van der Waals surface area contributed by atoms with Crippen molar-refractivity contribution < 1.29 is 23.9 Å². The van der Waals surface area contributed by atoms with Gasteiger partial charge in [-0.15, -0.1) is 0 Å². The number of aliphatic carboxylic acids is 1. The van der Waals surface area contributed by atoms with E-state index < -0.39 is 35.9 Å². The number of carbonyl (C=O) groups is 3. The second-order valence-electron chi connectivity index (χ2n) is 3.38. The second kappa shape index (κ2) is 5.62. The van der Waals surface area contributed by atoms with E-state index in [-0.39, 0.29) is 5.56 Å². The highest BCUT2D eigenvalue weighted by molar-refractivity contribution is 5.97. The van der Waals surface area contributed by atoms with Gasteiger partial charge in [-0.2, -0.15) is 0 Å². The minimum absolute atomic E-state index is 0.0367. The summed E-state index contributed by atoms with van der Waals surface area (Å²) in [5, 5.41) is 10.8. The maximum absolute atomic E-state index is 11.6. The molecular weight excluding hydrogens is 244 g/mol. The average molecular weight is 254 g/mol. The summed E-state index contributed by atoms with van der Waals surface area (Å²) in [5.41, 5.74) is 4.17. The summed E-state index contributed by atoms with van der Waals surface area (Å²) >= 11 is 0. The monoisotopic (exact) mass is 254 g/mol. The van der Waals surface area contributed by atoms with Crippen molar-refractivity contribution in [2.24, 2.45) is 5.73 Å². The topological polar surface area (TPSA) is 140 Å². The van der Waals surface area contributed by atoms with Crippen molar-refractivity contribution in [1.82, 2.24) is 5.32 Å². The van der Waals surface area contributed by atoms with Crippen LogP contribution in [0, 0.1) is 0 Å². The molecule has 1 atom stereocenters. The summed E-state index contributed by atoms with van der Waals surface area (Å²) in [6, 6.07) is 0.755. The summed E-state index contributed by atoms with van der Waals surface area (Å²) < 4.78 is 4.45. The van der Waals surface area contributed by atoms with Crippen LogP contribution in [-0.2, 0) is 9.59 Å². The molecule has 0 saturated carbocycles. The van der Waals surface area contributed by atoms with Crippen LogP contribution in [0.25, 0.3) is 0 Å². The Morgan fingerprint density at radius 2 is 2.06 bits per heavy atom. The minimum Gasteiger partial charge on any atom is -0.480 e. The van der Waals surface area contributed by atoms with Crippen LogP contribution in [0.2, 0.25) is 0 Å². The number of rotatable bonds is 5. The maximum Gasteiger partial charge on any atom is 0.335 e. The highest BCUT2D eigenvalue weighted by Gasteiger charge is 2.22. The van der Waals surface area contributed by atoms with Crippen LogP contribution < -0.4 is 16.7 Å². The summed E-state index contributed by atoms with van der Waals surface area (Å²) in [4.78, 5) is 43.6. The largest absolute Gasteiger partial charge is 0.480 e. The standard InChI is InChI=1S/C10H10N2O6/c11-7(13)3-6(10(16)17)12-9(15)5-1-2-8(14)18-4-5/h1-2,4,6H,3H2,(H2,11,13)(H,12,15)(H,16,17). The molecule has 0 aromatic carbocycles. The van der Waals surface area contributed by atoms with Gasteiger partial charge in [0.2, 0.25) is 5.91 Å². The van der Waals surface area contributed by atoms with E-state index in [1.54, 1.807) is 0 Å². The van der Waals surface area contributed by atoms with Crippen molar-refractivity contribution in [2.45, 2.75) is 12.5 Å². The summed E-state index contributed by atoms with van der Waals surface area (Å²) in [6.45, 7) is 0. The molecule has 2 amide bonds. The Morgan fingerprint density at radius 3 is 2.50 bits per heavy atom. The number of carboxylic acid groups (broad SMARTS) is 1. The van der Waals surface area contributed by atoms with E-state index >= 15 is 0 Å². The lowest BCUT2D eigenvalue weighted by molar-refractivity contribution is -0.140. The SMILES string of the molecule is NC(=O)CC(NC(=O)c1ccc(=O)oc1)C(=O)O. The predicted molar refractivity (Wildman–Crippen MR) is 57.7 cm³/mol. The molecule has 0 aliphatic rings. The molecule has 1 unspecified atom stereocenters. The van der Waals surface area contributed by atoms with Crippen molar-refractivity contribution in [3.63, 3.8) is 0 Å². The molecule has 1 aromatic rings. The molecule has 0 saturated heterocycles. The first kappa shape index (κ1) is 13.4. The van der Waals surface area contributed by atoms with Crippen molar-refractivity contribution in [3.05, 3.63) is 34.4 Å². The number of nitrogens with two attached hydrogens (primary N) is 1.